The Hall–Kier alpha value is -1.49. The van der Waals surface area contributed by atoms with Crippen LogP contribution < -0.4 is 5.32 Å². The van der Waals surface area contributed by atoms with E-state index in [0.29, 0.717) is 6.04 Å². The van der Waals surface area contributed by atoms with Crippen molar-refractivity contribution in [1.82, 2.24) is 0 Å². The van der Waals surface area contributed by atoms with Crippen LogP contribution in [0.5, 0.6) is 0 Å². The van der Waals surface area contributed by atoms with Crippen molar-refractivity contribution in [3.63, 3.8) is 0 Å². The van der Waals surface area contributed by atoms with E-state index in [9.17, 15) is 0 Å². The van der Waals surface area contributed by atoms with Gasteiger partial charge in [0, 0.05) is 11.7 Å². The fourth-order valence-electron chi connectivity index (χ4n) is 2.21. The molecule has 2 rings (SSSR count). The summed E-state index contributed by atoms with van der Waals surface area (Å²) in [6.45, 7) is 2.23. The molecule has 1 aliphatic carbocycles. The van der Waals surface area contributed by atoms with Gasteiger partial charge in [-0.2, -0.15) is 5.26 Å². The Bertz CT molecular complexity index is 371. The second-order valence-electron chi connectivity index (χ2n) is 4.77. The molecular weight excluding hydrogens is 196 g/mol. The fraction of sp³-hybridized carbons (Fsp3) is 0.500. The SMILES string of the molecule is CC(CC1CCC1)Nc1ccc(C#N)cc1. The topological polar surface area (TPSA) is 35.8 Å². The lowest BCUT2D eigenvalue weighted by atomic mass is 9.81. The molecule has 1 atom stereocenters. The van der Waals surface area contributed by atoms with E-state index in [2.05, 4.69) is 18.3 Å². The molecule has 84 valence electrons. The Labute approximate surface area is 97.3 Å². The molecule has 0 aromatic heterocycles. The Kier molecular flexibility index (Phi) is 3.46. The van der Waals surface area contributed by atoms with Gasteiger partial charge in [0.1, 0.15) is 0 Å². The number of benzene rings is 1. The van der Waals surface area contributed by atoms with E-state index in [0.717, 1.165) is 17.2 Å². The second-order valence-corrected chi connectivity index (χ2v) is 4.77. The van der Waals surface area contributed by atoms with Crippen LogP contribution in [0, 0.1) is 17.2 Å². The van der Waals surface area contributed by atoms with Crippen molar-refractivity contribution in [2.75, 3.05) is 5.32 Å². The maximum Gasteiger partial charge on any atom is 0.0991 e. The molecule has 0 radical (unpaired) electrons. The van der Waals surface area contributed by atoms with Crippen molar-refractivity contribution in [2.45, 2.75) is 38.6 Å². The van der Waals surface area contributed by atoms with Crippen molar-refractivity contribution in [3.05, 3.63) is 29.8 Å². The first kappa shape index (κ1) is 11.0. The van der Waals surface area contributed by atoms with Gasteiger partial charge in [-0.25, -0.2) is 0 Å². The van der Waals surface area contributed by atoms with Gasteiger partial charge in [-0.3, -0.25) is 0 Å². The quantitative estimate of drug-likeness (QED) is 0.832. The Balaban J connectivity index is 1.85. The van der Waals surface area contributed by atoms with Crippen LogP contribution in [0.4, 0.5) is 5.69 Å². The van der Waals surface area contributed by atoms with Gasteiger partial charge in [-0.05, 0) is 43.5 Å². The van der Waals surface area contributed by atoms with Crippen LogP contribution in [0.25, 0.3) is 0 Å². The molecule has 2 nitrogen and oxygen atoms in total. The van der Waals surface area contributed by atoms with Crippen molar-refractivity contribution in [1.29, 1.82) is 5.26 Å². The van der Waals surface area contributed by atoms with Crippen LogP contribution in [0.1, 0.15) is 38.2 Å². The van der Waals surface area contributed by atoms with Crippen LogP contribution in [0.2, 0.25) is 0 Å². The Morgan fingerprint density at radius 1 is 1.38 bits per heavy atom. The first-order valence-electron chi connectivity index (χ1n) is 6.04. The summed E-state index contributed by atoms with van der Waals surface area (Å²) in [7, 11) is 0. The van der Waals surface area contributed by atoms with E-state index in [1.54, 1.807) is 0 Å². The number of anilines is 1. The summed E-state index contributed by atoms with van der Waals surface area (Å²) < 4.78 is 0. The maximum absolute atomic E-state index is 8.70. The summed E-state index contributed by atoms with van der Waals surface area (Å²) in [4.78, 5) is 0. The smallest absolute Gasteiger partial charge is 0.0991 e. The standard InChI is InChI=1S/C14H18N2/c1-11(9-12-3-2-4-12)16-14-7-5-13(10-15)6-8-14/h5-8,11-12,16H,2-4,9H2,1H3. The lowest BCUT2D eigenvalue weighted by Crippen LogP contribution is -2.23. The molecule has 1 aromatic rings. The van der Waals surface area contributed by atoms with E-state index in [-0.39, 0.29) is 0 Å². The third-order valence-corrected chi connectivity index (χ3v) is 3.34. The molecule has 1 unspecified atom stereocenters. The fourth-order valence-corrected chi connectivity index (χ4v) is 2.21. The Morgan fingerprint density at radius 2 is 2.06 bits per heavy atom. The molecule has 0 amide bonds. The van der Waals surface area contributed by atoms with Gasteiger partial charge in [0.05, 0.1) is 11.6 Å². The van der Waals surface area contributed by atoms with Crippen LogP contribution >= 0.6 is 0 Å². The van der Waals surface area contributed by atoms with Gasteiger partial charge in [0.25, 0.3) is 0 Å². The third-order valence-electron chi connectivity index (χ3n) is 3.34. The lowest BCUT2D eigenvalue weighted by molar-refractivity contribution is 0.286. The minimum absolute atomic E-state index is 0.526. The molecule has 0 bridgehead atoms. The number of hydrogen-bond acceptors (Lipinski definition) is 2. The number of nitrogens with zero attached hydrogens (tertiary/aromatic N) is 1. The second kappa shape index (κ2) is 5.03. The van der Waals surface area contributed by atoms with Crippen LogP contribution in [-0.2, 0) is 0 Å². The summed E-state index contributed by atoms with van der Waals surface area (Å²) in [6, 6.07) is 10.3. The molecule has 0 saturated heterocycles. The molecule has 1 N–H and O–H groups in total. The van der Waals surface area contributed by atoms with Gasteiger partial charge in [0.2, 0.25) is 0 Å². The summed E-state index contributed by atoms with van der Waals surface area (Å²) in [5, 5.41) is 12.2. The largest absolute Gasteiger partial charge is 0.383 e. The van der Waals surface area contributed by atoms with Crippen LogP contribution in [-0.4, -0.2) is 6.04 Å². The van der Waals surface area contributed by atoms with Crippen molar-refractivity contribution < 1.29 is 0 Å². The number of hydrogen-bond donors (Lipinski definition) is 1. The highest BCUT2D eigenvalue weighted by Crippen LogP contribution is 2.31. The highest BCUT2D eigenvalue weighted by atomic mass is 14.9. The summed E-state index contributed by atoms with van der Waals surface area (Å²) in [5.41, 5.74) is 1.84. The maximum atomic E-state index is 8.70. The van der Waals surface area contributed by atoms with E-state index in [4.69, 9.17) is 5.26 Å². The Morgan fingerprint density at radius 3 is 2.56 bits per heavy atom. The molecule has 2 heteroatoms. The average Bonchev–Trinajstić information content (AvgIpc) is 2.25. The minimum Gasteiger partial charge on any atom is -0.383 e. The first-order valence-corrected chi connectivity index (χ1v) is 6.04. The lowest BCUT2D eigenvalue weighted by Gasteiger charge is -2.28. The molecule has 0 spiro atoms. The van der Waals surface area contributed by atoms with Gasteiger partial charge in [0.15, 0.2) is 0 Å². The average molecular weight is 214 g/mol. The predicted molar refractivity (Wildman–Crippen MR) is 66.2 cm³/mol. The summed E-state index contributed by atoms with van der Waals surface area (Å²) in [6.07, 6.45) is 5.48. The van der Waals surface area contributed by atoms with Crippen molar-refractivity contribution in [3.8, 4) is 6.07 Å². The highest BCUT2D eigenvalue weighted by molar-refractivity contribution is 5.47. The predicted octanol–water partition coefficient (Wildman–Crippen LogP) is 3.55. The zero-order chi connectivity index (χ0) is 11.4. The monoisotopic (exact) mass is 214 g/mol. The van der Waals surface area contributed by atoms with Gasteiger partial charge in [-0.15, -0.1) is 0 Å². The van der Waals surface area contributed by atoms with E-state index in [1.807, 2.05) is 24.3 Å². The van der Waals surface area contributed by atoms with Gasteiger partial charge >= 0.3 is 0 Å². The van der Waals surface area contributed by atoms with E-state index in [1.165, 1.54) is 25.7 Å². The highest BCUT2D eigenvalue weighted by Gasteiger charge is 2.19. The molecule has 1 saturated carbocycles. The zero-order valence-corrected chi connectivity index (χ0v) is 9.74. The first-order chi connectivity index (χ1) is 7.78. The number of rotatable bonds is 4. The normalized spacial score (nSPS) is 17.2. The minimum atomic E-state index is 0.526. The molecule has 0 heterocycles. The third kappa shape index (κ3) is 2.76. The number of nitriles is 1. The van der Waals surface area contributed by atoms with E-state index >= 15 is 0 Å². The molecule has 1 aromatic carbocycles. The van der Waals surface area contributed by atoms with Gasteiger partial charge < -0.3 is 5.32 Å². The molecule has 0 aliphatic heterocycles. The molecular formula is C14H18N2. The summed E-state index contributed by atoms with van der Waals surface area (Å²) in [5.74, 6) is 0.931. The molecule has 16 heavy (non-hydrogen) atoms. The van der Waals surface area contributed by atoms with Crippen molar-refractivity contribution >= 4 is 5.69 Å². The van der Waals surface area contributed by atoms with Gasteiger partial charge in [-0.1, -0.05) is 19.3 Å². The zero-order valence-electron chi connectivity index (χ0n) is 9.74. The number of nitrogens with one attached hydrogen (secondary N) is 1. The van der Waals surface area contributed by atoms with Crippen molar-refractivity contribution in [2.24, 2.45) is 5.92 Å². The summed E-state index contributed by atoms with van der Waals surface area (Å²) >= 11 is 0. The van der Waals surface area contributed by atoms with Crippen LogP contribution in [0.3, 0.4) is 0 Å². The molecule has 1 fully saturated rings. The van der Waals surface area contributed by atoms with Crippen LogP contribution in [0.15, 0.2) is 24.3 Å². The van der Waals surface area contributed by atoms with E-state index < -0.39 is 0 Å². The molecule has 1 aliphatic rings.